The molecule has 13 heteroatoms. The minimum Gasteiger partial charge on any atom is -1.00 e. The van der Waals surface area contributed by atoms with Crippen LogP contribution in [0, 0.1) is 0 Å². The number of aliphatic hydroxyl groups is 3. The van der Waals surface area contributed by atoms with Crippen LogP contribution in [0.4, 0.5) is 0 Å². The predicted molar refractivity (Wildman–Crippen MR) is 74.3 cm³/mol. The Kier molecular flexibility index (Phi) is 71.4. The zero-order valence-corrected chi connectivity index (χ0v) is 17.8. The van der Waals surface area contributed by atoms with Crippen LogP contribution in [0.1, 0.15) is 0 Å². The summed E-state index contributed by atoms with van der Waals surface area (Å²) in [6.07, 6.45) is 1.12. The minimum atomic E-state index is -1.26. The Labute approximate surface area is 177 Å². The molecule has 0 heterocycles. The van der Waals surface area contributed by atoms with Crippen molar-refractivity contribution in [3.8, 4) is 0 Å². The monoisotopic (exact) mass is 449 g/mol. The summed E-state index contributed by atoms with van der Waals surface area (Å²) in [5.74, 6) is -2.51. The van der Waals surface area contributed by atoms with Gasteiger partial charge < -0.3 is 79.6 Å². The van der Waals surface area contributed by atoms with Crippen LogP contribution in [0.5, 0.6) is 0 Å². The van der Waals surface area contributed by atoms with E-state index in [4.69, 9.17) is 25.5 Å². The van der Waals surface area contributed by atoms with Gasteiger partial charge in [0, 0.05) is 12.2 Å². The first-order chi connectivity index (χ1) is 8.60. The van der Waals surface area contributed by atoms with Crippen LogP contribution in [0.15, 0.2) is 12.2 Å². The third-order valence-electron chi connectivity index (χ3n) is 1.24. The maximum absolute atomic E-state index is 9.55. The molecule has 0 aromatic carbocycles. The molecule has 0 saturated heterocycles. The number of hydrogen-bond donors (Lipinski definition) is 5. The van der Waals surface area contributed by atoms with Gasteiger partial charge in [0.15, 0.2) is 0 Å². The summed E-state index contributed by atoms with van der Waals surface area (Å²) in [7, 11) is 6.16. The molecule has 0 aromatic rings. The fraction of sp³-hybridized carbons (Fsp3) is 0.636. The summed E-state index contributed by atoms with van der Waals surface area (Å²) in [5, 5.41) is 39.3. The number of carboxylic acids is 2. The van der Waals surface area contributed by atoms with Crippen LogP contribution in [-0.2, 0) is 9.59 Å². The molecule has 0 fully saturated rings. The van der Waals surface area contributed by atoms with Crippen molar-refractivity contribution in [3.63, 3.8) is 0 Å². The van der Waals surface area contributed by atoms with Gasteiger partial charge >= 0.3 is 29.3 Å². The normalized spacial score (nSPS) is 7.92. The molecule has 0 aliphatic carbocycles. The molecular weight excluding hydrogens is 427 g/mol. The summed E-state index contributed by atoms with van der Waals surface area (Å²) >= 11 is 0. The van der Waals surface area contributed by atoms with Crippen LogP contribution in [0.25, 0.3) is 0 Å². The van der Waals surface area contributed by atoms with Gasteiger partial charge in [-0.1, -0.05) is 0 Å². The van der Waals surface area contributed by atoms with Crippen molar-refractivity contribution in [1.29, 1.82) is 0 Å². The molecule has 0 aliphatic heterocycles. The van der Waals surface area contributed by atoms with E-state index in [0.29, 0.717) is 12.2 Å². The van der Waals surface area contributed by atoms with E-state index in [9.17, 15) is 9.59 Å². The number of likely N-dealkylation sites (N-methyl/N-ethyl adjacent to an activating group) is 1. The molecule has 24 heavy (non-hydrogen) atoms. The Balaban J connectivity index is -0.0000000251. The van der Waals surface area contributed by atoms with Crippen molar-refractivity contribution in [3.05, 3.63) is 12.2 Å². The summed E-state index contributed by atoms with van der Waals surface area (Å²) in [6, 6.07) is 0. The summed E-state index contributed by atoms with van der Waals surface area (Å²) in [5.41, 5.74) is 0. The first-order valence-electron chi connectivity index (χ1n) is 5.37. The quantitative estimate of drug-likeness (QED) is 0.159. The van der Waals surface area contributed by atoms with Gasteiger partial charge in [-0.05, 0) is 0 Å². The van der Waals surface area contributed by atoms with E-state index in [1.807, 2.05) is 0 Å². The fourth-order valence-corrected chi connectivity index (χ4v) is 0.443. The van der Waals surface area contributed by atoms with Gasteiger partial charge in [-0.15, -0.1) is 0 Å². The van der Waals surface area contributed by atoms with Crippen molar-refractivity contribution in [2.24, 2.45) is 0 Å². The minimum absolute atomic E-state index is 0. The smallest absolute Gasteiger partial charge is 1.00 e. The largest absolute Gasteiger partial charge is 3.00 e. The first-order valence-corrected chi connectivity index (χ1v) is 5.37. The Morgan fingerprint density at radius 1 is 0.750 bits per heavy atom. The van der Waals surface area contributed by atoms with Crippen LogP contribution >= 0.6 is 0 Å². The van der Waals surface area contributed by atoms with Crippen LogP contribution in [-0.4, -0.2) is 107 Å². The van der Waals surface area contributed by atoms with Crippen molar-refractivity contribution >= 4 is 29.3 Å². The molecule has 0 radical (unpaired) electrons. The molecule has 0 aromatic heterocycles. The standard InChI is InChI=1S/C5H14NO.C4H4O4.C2H6O2.Al.4ClH/c1-6(2,3)4-5-7;5-3(6)1-2-4(7)8;3-1-2-4;;;;;/h7H,4-5H2,1-3H3;1-2H,(H,5,6)(H,7,8);3-4H,1-2H2;;4*1H/q+1;;;+3;;;;/p-4/b;2-1-;;;;;;. The maximum atomic E-state index is 9.55. The van der Waals surface area contributed by atoms with E-state index < -0.39 is 11.9 Å². The summed E-state index contributed by atoms with van der Waals surface area (Å²) in [6.45, 7) is 0.865. The Morgan fingerprint density at radius 3 is 1.04 bits per heavy atom. The van der Waals surface area contributed by atoms with Crippen LogP contribution in [0.3, 0.4) is 0 Å². The molecule has 0 spiro atoms. The number of aliphatic carboxylic acids is 2. The van der Waals surface area contributed by atoms with E-state index in [2.05, 4.69) is 21.1 Å². The second-order valence-electron chi connectivity index (χ2n) is 4.19. The van der Waals surface area contributed by atoms with Gasteiger partial charge in [-0.25, -0.2) is 9.59 Å². The Bertz CT molecular complexity index is 262. The van der Waals surface area contributed by atoms with Crippen LogP contribution in [0.2, 0.25) is 0 Å². The van der Waals surface area contributed by atoms with Gasteiger partial charge in [0.1, 0.15) is 6.54 Å². The zero-order chi connectivity index (χ0) is 15.9. The number of carboxylic acid groups (broad SMARTS) is 2. The predicted octanol–water partition coefficient (Wildman–Crippen LogP) is -14.0. The van der Waals surface area contributed by atoms with Crippen molar-refractivity contribution in [2.45, 2.75) is 0 Å². The van der Waals surface area contributed by atoms with Crippen molar-refractivity contribution in [2.75, 3.05) is 47.5 Å². The molecule has 5 N–H and O–H groups in total. The molecular formula is C11H24AlCl4NO7. The molecule has 8 nitrogen and oxygen atoms in total. The number of carbonyl (C=O) groups is 2. The van der Waals surface area contributed by atoms with Gasteiger partial charge in [-0.3, -0.25) is 0 Å². The average Bonchev–Trinajstić information content (AvgIpc) is 2.26. The van der Waals surface area contributed by atoms with Gasteiger partial charge in [0.05, 0.1) is 41.0 Å². The van der Waals surface area contributed by atoms with E-state index in [-0.39, 0.29) is 86.8 Å². The maximum Gasteiger partial charge on any atom is 3.00 e. The fourth-order valence-electron chi connectivity index (χ4n) is 0.443. The Morgan fingerprint density at radius 2 is 1.00 bits per heavy atom. The number of aliphatic hydroxyl groups excluding tert-OH is 3. The van der Waals surface area contributed by atoms with Gasteiger partial charge in [0.2, 0.25) is 0 Å². The third-order valence-corrected chi connectivity index (χ3v) is 1.24. The molecule has 0 aliphatic rings. The first kappa shape index (κ1) is 49.6. The number of nitrogens with zero attached hydrogens (tertiary/aromatic N) is 1. The van der Waals surface area contributed by atoms with E-state index >= 15 is 0 Å². The molecule has 146 valence electrons. The van der Waals surface area contributed by atoms with E-state index in [1.54, 1.807) is 0 Å². The molecule has 0 rings (SSSR count). The molecule has 0 amide bonds. The topological polar surface area (TPSA) is 135 Å². The molecule has 0 atom stereocenters. The van der Waals surface area contributed by atoms with Gasteiger partial charge in [0.25, 0.3) is 0 Å². The number of hydrogen-bond acceptors (Lipinski definition) is 5. The van der Waals surface area contributed by atoms with Gasteiger partial charge in [-0.2, -0.15) is 0 Å². The molecule has 0 saturated carbocycles. The third kappa shape index (κ3) is 95.8. The Hall–Kier alpha value is 0.212. The van der Waals surface area contributed by atoms with Crippen molar-refractivity contribution in [1.82, 2.24) is 0 Å². The molecule has 0 bridgehead atoms. The van der Waals surface area contributed by atoms with Crippen molar-refractivity contribution < 1.29 is 89.2 Å². The number of quaternary nitrogens is 1. The average molecular weight is 451 g/mol. The van der Waals surface area contributed by atoms with Crippen LogP contribution < -0.4 is 49.6 Å². The second kappa shape index (κ2) is 34.5. The van der Waals surface area contributed by atoms with E-state index in [0.717, 1.165) is 11.0 Å². The zero-order valence-electron chi connectivity index (χ0n) is 13.6. The number of halogens is 4. The SMILES string of the molecule is C[N+](C)(C)CCO.O=C(O)/C=C\C(=O)O.OCCO.[Al+3].[Cl-].[Cl-].[Cl-].[Cl-]. The number of rotatable bonds is 5. The molecule has 0 unspecified atom stereocenters. The summed E-state index contributed by atoms with van der Waals surface area (Å²) in [4.78, 5) is 19.1. The van der Waals surface area contributed by atoms with E-state index in [1.165, 1.54) is 0 Å². The summed E-state index contributed by atoms with van der Waals surface area (Å²) < 4.78 is 0.844. The second-order valence-corrected chi connectivity index (χ2v) is 4.19.